The van der Waals surface area contributed by atoms with Gasteiger partial charge in [-0.05, 0) is 6.42 Å². The van der Waals surface area contributed by atoms with Crippen LogP contribution in [0.2, 0.25) is 0 Å². The fourth-order valence-electron chi connectivity index (χ4n) is 1.36. The minimum atomic E-state index is -0.826. The molecule has 0 aliphatic carbocycles. The first-order valence-corrected chi connectivity index (χ1v) is 4.46. The molecule has 1 amide bonds. The monoisotopic (exact) mass is 188 g/mol. The van der Waals surface area contributed by atoms with E-state index >= 15 is 0 Å². The maximum absolute atomic E-state index is 11.4. The highest BCUT2D eigenvalue weighted by atomic mass is 16.3. The molecule has 5 nitrogen and oxygen atoms in total. The van der Waals surface area contributed by atoms with Gasteiger partial charge in [0, 0.05) is 13.1 Å². The third-order valence-electron chi connectivity index (χ3n) is 2.33. The van der Waals surface area contributed by atoms with E-state index in [0.29, 0.717) is 6.42 Å². The highest BCUT2D eigenvalue weighted by molar-refractivity contribution is 5.81. The number of hydrogen-bond acceptors (Lipinski definition) is 4. The Morgan fingerprint density at radius 1 is 1.54 bits per heavy atom. The number of β-amino-alcohol motifs (C(OH)–C–C–N with tert-alkyl or cyclic N) is 2. The van der Waals surface area contributed by atoms with Crippen LogP contribution in [-0.4, -0.2) is 52.4 Å². The van der Waals surface area contributed by atoms with Crippen molar-refractivity contribution in [1.82, 2.24) is 4.90 Å². The molecule has 0 bridgehead atoms. The predicted octanol–water partition coefficient (Wildman–Crippen LogP) is -1.71. The summed E-state index contributed by atoms with van der Waals surface area (Å²) in [6.45, 7) is 2.20. The molecule has 1 fully saturated rings. The van der Waals surface area contributed by atoms with Gasteiger partial charge in [-0.25, -0.2) is 0 Å². The lowest BCUT2D eigenvalue weighted by molar-refractivity contribution is -0.132. The number of nitrogens with zero attached hydrogens (tertiary/aromatic N) is 1. The molecule has 0 unspecified atom stereocenters. The SMILES string of the molecule is CC[C@H](N)C(=O)N1C[C@@H](O)[C@@H](O)C1. The number of rotatable bonds is 2. The van der Waals surface area contributed by atoms with Gasteiger partial charge in [0.25, 0.3) is 0 Å². The Labute approximate surface area is 77.1 Å². The van der Waals surface area contributed by atoms with Crippen molar-refractivity contribution < 1.29 is 15.0 Å². The molecular formula is C8H16N2O3. The predicted molar refractivity (Wildman–Crippen MR) is 46.9 cm³/mol. The lowest BCUT2D eigenvalue weighted by Crippen LogP contribution is -2.42. The number of aliphatic hydroxyl groups is 2. The highest BCUT2D eigenvalue weighted by Gasteiger charge is 2.33. The smallest absolute Gasteiger partial charge is 0.239 e. The van der Waals surface area contributed by atoms with E-state index in [1.54, 1.807) is 0 Å². The summed E-state index contributed by atoms with van der Waals surface area (Å²) in [5.41, 5.74) is 5.53. The summed E-state index contributed by atoms with van der Waals surface area (Å²) in [5, 5.41) is 18.4. The Bertz CT molecular complexity index is 188. The Balaban J connectivity index is 2.50. The first-order valence-electron chi connectivity index (χ1n) is 4.46. The zero-order chi connectivity index (χ0) is 10.0. The summed E-state index contributed by atoms with van der Waals surface area (Å²) >= 11 is 0. The molecule has 1 saturated heterocycles. The van der Waals surface area contributed by atoms with Gasteiger partial charge in [0.05, 0.1) is 18.2 Å². The van der Waals surface area contributed by atoms with Crippen molar-refractivity contribution in [3.63, 3.8) is 0 Å². The van der Waals surface area contributed by atoms with E-state index in [9.17, 15) is 15.0 Å². The molecule has 0 aromatic carbocycles. The lowest BCUT2D eigenvalue weighted by atomic mass is 10.2. The maximum Gasteiger partial charge on any atom is 0.239 e. The van der Waals surface area contributed by atoms with E-state index in [2.05, 4.69) is 0 Å². The van der Waals surface area contributed by atoms with Gasteiger partial charge in [-0.2, -0.15) is 0 Å². The molecule has 1 aliphatic rings. The highest BCUT2D eigenvalue weighted by Crippen LogP contribution is 2.11. The minimum absolute atomic E-state index is 0.188. The molecule has 76 valence electrons. The van der Waals surface area contributed by atoms with Gasteiger partial charge in [-0.3, -0.25) is 4.79 Å². The number of carbonyl (C=O) groups excluding carboxylic acids is 1. The molecule has 4 N–H and O–H groups in total. The molecule has 0 radical (unpaired) electrons. The fraction of sp³-hybridized carbons (Fsp3) is 0.875. The molecule has 1 rings (SSSR count). The van der Waals surface area contributed by atoms with Gasteiger partial charge in [0.15, 0.2) is 0 Å². The topological polar surface area (TPSA) is 86.8 Å². The Kier molecular flexibility index (Phi) is 3.24. The molecule has 0 saturated carbocycles. The summed E-state index contributed by atoms with van der Waals surface area (Å²) in [5.74, 6) is -0.196. The zero-order valence-electron chi connectivity index (χ0n) is 7.68. The summed E-state index contributed by atoms with van der Waals surface area (Å²) in [7, 11) is 0. The molecule has 13 heavy (non-hydrogen) atoms. The van der Waals surface area contributed by atoms with Gasteiger partial charge in [0.2, 0.25) is 5.91 Å². The van der Waals surface area contributed by atoms with Crippen LogP contribution in [0.5, 0.6) is 0 Å². The van der Waals surface area contributed by atoms with Gasteiger partial charge in [0.1, 0.15) is 0 Å². The third kappa shape index (κ3) is 2.18. The van der Waals surface area contributed by atoms with Crippen LogP contribution in [0, 0.1) is 0 Å². The zero-order valence-corrected chi connectivity index (χ0v) is 7.68. The van der Waals surface area contributed by atoms with E-state index in [0.717, 1.165) is 0 Å². The molecular weight excluding hydrogens is 172 g/mol. The molecule has 0 aromatic heterocycles. The quantitative estimate of drug-likeness (QED) is 0.481. The number of amides is 1. The van der Waals surface area contributed by atoms with Crippen LogP contribution in [0.4, 0.5) is 0 Å². The van der Waals surface area contributed by atoms with Crippen LogP contribution < -0.4 is 5.73 Å². The van der Waals surface area contributed by atoms with E-state index < -0.39 is 18.2 Å². The molecule has 1 aliphatic heterocycles. The standard InChI is InChI=1S/C8H16N2O3/c1-2-5(9)8(13)10-3-6(11)7(12)4-10/h5-7,11-12H,2-4,9H2,1H3/t5-,6-,7+/m0/s1. The van der Waals surface area contributed by atoms with Crippen molar-refractivity contribution in [2.24, 2.45) is 5.73 Å². The van der Waals surface area contributed by atoms with Crippen LogP contribution in [0.25, 0.3) is 0 Å². The van der Waals surface area contributed by atoms with Gasteiger partial charge >= 0.3 is 0 Å². The largest absolute Gasteiger partial charge is 0.388 e. The van der Waals surface area contributed by atoms with Crippen LogP contribution in [0.1, 0.15) is 13.3 Å². The Morgan fingerprint density at radius 2 is 2.00 bits per heavy atom. The second kappa shape index (κ2) is 4.04. The van der Waals surface area contributed by atoms with Gasteiger partial charge in [-0.15, -0.1) is 0 Å². The van der Waals surface area contributed by atoms with Crippen LogP contribution in [0.15, 0.2) is 0 Å². The molecule has 0 aromatic rings. The normalized spacial score (nSPS) is 30.6. The number of nitrogens with two attached hydrogens (primary N) is 1. The number of carbonyl (C=O) groups is 1. The fourth-order valence-corrected chi connectivity index (χ4v) is 1.36. The van der Waals surface area contributed by atoms with Crippen molar-refractivity contribution in [3.8, 4) is 0 Å². The van der Waals surface area contributed by atoms with Crippen molar-refractivity contribution in [2.45, 2.75) is 31.6 Å². The molecule has 3 atom stereocenters. The van der Waals surface area contributed by atoms with Gasteiger partial charge < -0.3 is 20.8 Å². The van der Waals surface area contributed by atoms with Crippen molar-refractivity contribution in [1.29, 1.82) is 0 Å². The average Bonchev–Trinajstić information content (AvgIpc) is 2.44. The third-order valence-corrected chi connectivity index (χ3v) is 2.33. The first-order chi connectivity index (χ1) is 6.06. The summed E-state index contributed by atoms with van der Waals surface area (Å²) < 4.78 is 0. The number of likely N-dealkylation sites (tertiary alicyclic amines) is 1. The first kappa shape index (κ1) is 10.4. The van der Waals surface area contributed by atoms with E-state index in [-0.39, 0.29) is 19.0 Å². The Hall–Kier alpha value is -0.650. The van der Waals surface area contributed by atoms with E-state index in [4.69, 9.17) is 5.73 Å². The van der Waals surface area contributed by atoms with Crippen LogP contribution >= 0.6 is 0 Å². The summed E-state index contributed by atoms with van der Waals surface area (Å²) in [6.07, 6.45) is -1.08. The Morgan fingerprint density at radius 3 is 2.38 bits per heavy atom. The summed E-state index contributed by atoms with van der Waals surface area (Å²) in [6, 6.07) is -0.516. The van der Waals surface area contributed by atoms with E-state index in [1.807, 2.05) is 6.92 Å². The maximum atomic E-state index is 11.4. The van der Waals surface area contributed by atoms with Crippen molar-refractivity contribution in [3.05, 3.63) is 0 Å². The van der Waals surface area contributed by atoms with Crippen LogP contribution in [0.3, 0.4) is 0 Å². The number of hydrogen-bond donors (Lipinski definition) is 3. The van der Waals surface area contributed by atoms with Crippen molar-refractivity contribution >= 4 is 5.91 Å². The molecule has 0 spiro atoms. The average molecular weight is 188 g/mol. The van der Waals surface area contributed by atoms with E-state index in [1.165, 1.54) is 4.90 Å². The molecule has 5 heteroatoms. The second-order valence-electron chi connectivity index (χ2n) is 3.39. The summed E-state index contributed by atoms with van der Waals surface area (Å²) in [4.78, 5) is 12.9. The second-order valence-corrected chi connectivity index (χ2v) is 3.39. The van der Waals surface area contributed by atoms with Crippen molar-refractivity contribution in [2.75, 3.05) is 13.1 Å². The molecule has 1 heterocycles. The van der Waals surface area contributed by atoms with Gasteiger partial charge in [-0.1, -0.05) is 6.92 Å². The minimum Gasteiger partial charge on any atom is -0.388 e. The number of aliphatic hydroxyl groups excluding tert-OH is 2. The lowest BCUT2D eigenvalue weighted by Gasteiger charge is -2.18. The van der Waals surface area contributed by atoms with Crippen LogP contribution in [-0.2, 0) is 4.79 Å².